The summed E-state index contributed by atoms with van der Waals surface area (Å²) in [6, 6.07) is 16.6. The number of nitriles is 1. The highest BCUT2D eigenvalue weighted by Gasteiger charge is 2.23. The third-order valence-corrected chi connectivity index (χ3v) is 6.42. The molecule has 0 atom stereocenters. The fraction of sp³-hybridized carbons (Fsp3) is 0.120. The lowest BCUT2D eigenvalue weighted by Crippen LogP contribution is -2.13. The van der Waals surface area contributed by atoms with E-state index in [1.165, 1.54) is 49.6 Å². The molecule has 0 radical (unpaired) electrons. The van der Waals surface area contributed by atoms with Gasteiger partial charge in [0.05, 0.1) is 18.7 Å². The van der Waals surface area contributed by atoms with Crippen LogP contribution in [0.25, 0.3) is 6.08 Å². The minimum atomic E-state index is -4.25. The molecule has 0 fully saturated rings. The molecule has 1 amide bonds. The lowest BCUT2D eigenvalue weighted by atomic mass is 10.1. The van der Waals surface area contributed by atoms with Gasteiger partial charge in [-0.15, -0.1) is 0 Å². The smallest absolute Gasteiger partial charge is 0.339 e. The standard InChI is InChI=1S/C25H20Cl2N2O6S/c1-3-34-23-14-16(12-17(15-28)25(30)29-19-6-8-20(33-2)9-7-19)13-22(27)24(23)35-36(31,32)21-10-4-18(26)5-11-21/h4-14H,3H2,1-2H3,(H,29,30)/b17-12+. The Labute approximate surface area is 218 Å². The van der Waals surface area contributed by atoms with E-state index in [0.717, 1.165) is 0 Å². The van der Waals surface area contributed by atoms with Crippen LogP contribution in [0.4, 0.5) is 5.69 Å². The molecule has 0 heterocycles. The maximum absolute atomic E-state index is 12.7. The van der Waals surface area contributed by atoms with Crippen LogP contribution in [0.5, 0.6) is 17.2 Å². The summed E-state index contributed by atoms with van der Waals surface area (Å²) in [5, 5.41) is 12.4. The SMILES string of the molecule is CCOc1cc(/C=C(\C#N)C(=O)Nc2ccc(OC)cc2)cc(Cl)c1OS(=O)(=O)c1ccc(Cl)cc1. The number of carbonyl (C=O) groups is 1. The van der Waals surface area contributed by atoms with E-state index in [-0.39, 0.29) is 33.6 Å². The molecule has 3 aromatic rings. The van der Waals surface area contributed by atoms with E-state index >= 15 is 0 Å². The molecule has 186 valence electrons. The highest BCUT2D eigenvalue weighted by atomic mass is 35.5. The van der Waals surface area contributed by atoms with Crippen LogP contribution in [0.2, 0.25) is 10.0 Å². The summed E-state index contributed by atoms with van der Waals surface area (Å²) >= 11 is 12.2. The van der Waals surface area contributed by atoms with Crippen molar-refractivity contribution >= 4 is 51.0 Å². The number of benzene rings is 3. The molecule has 0 aromatic heterocycles. The highest BCUT2D eigenvalue weighted by Crippen LogP contribution is 2.39. The molecule has 0 spiro atoms. The second-order valence-electron chi connectivity index (χ2n) is 7.11. The van der Waals surface area contributed by atoms with Crippen molar-refractivity contribution in [3.63, 3.8) is 0 Å². The summed E-state index contributed by atoms with van der Waals surface area (Å²) in [4.78, 5) is 12.5. The van der Waals surface area contributed by atoms with Crippen LogP contribution >= 0.6 is 23.2 Å². The van der Waals surface area contributed by atoms with Crippen LogP contribution in [0, 0.1) is 11.3 Å². The number of amides is 1. The molecule has 11 heteroatoms. The summed E-state index contributed by atoms with van der Waals surface area (Å²) in [5.74, 6) is -0.252. The van der Waals surface area contributed by atoms with Crippen molar-refractivity contribution in [3.8, 4) is 23.3 Å². The molecule has 0 aliphatic carbocycles. The van der Waals surface area contributed by atoms with E-state index in [1.807, 2.05) is 6.07 Å². The largest absolute Gasteiger partial charge is 0.497 e. The fourth-order valence-electron chi connectivity index (χ4n) is 2.96. The zero-order valence-electron chi connectivity index (χ0n) is 19.1. The number of methoxy groups -OCH3 is 1. The molecular formula is C25H20Cl2N2O6S. The molecule has 3 rings (SSSR count). The van der Waals surface area contributed by atoms with E-state index in [9.17, 15) is 18.5 Å². The van der Waals surface area contributed by atoms with Crippen molar-refractivity contribution in [2.75, 3.05) is 19.0 Å². The number of hydrogen-bond donors (Lipinski definition) is 1. The van der Waals surface area contributed by atoms with Crippen molar-refractivity contribution in [2.45, 2.75) is 11.8 Å². The Morgan fingerprint density at radius 2 is 1.75 bits per heavy atom. The first-order valence-electron chi connectivity index (χ1n) is 10.4. The van der Waals surface area contributed by atoms with Gasteiger partial charge in [0, 0.05) is 10.7 Å². The lowest BCUT2D eigenvalue weighted by molar-refractivity contribution is -0.112. The summed E-state index contributed by atoms with van der Waals surface area (Å²) in [6.45, 7) is 1.86. The zero-order chi connectivity index (χ0) is 26.3. The van der Waals surface area contributed by atoms with Crippen LogP contribution < -0.4 is 19.0 Å². The molecule has 8 nitrogen and oxygen atoms in total. The maximum atomic E-state index is 12.7. The van der Waals surface area contributed by atoms with Gasteiger partial charge < -0.3 is 19.0 Å². The summed E-state index contributed by atoms with van der Waals surface area (Å²) in [7, 11) is -2.73. The molecule has 36 heavy (non-hydrogen) atoms. The summed E-state index contributed by atoms with van der Waals surface area (Å²) in [6.07, 6.45) is 1.30. The Bertz CT molecular complexity index is 1430. The topological polar surface area (TPSA) is 115 Å². The van der Waals surface area contributed by atoms with Gasteiger partial charge >= 0.3 is 10.1 Å². The molecule has 0 saturated heterocycles. The Morgan fingerprint density at radius 1 is 1.08 bits per heavy atom. The molecule has 0 bridgehead atoms. The van der Waals surface area contributed by atoms with E-state index < -0.39 is 16.0 Å². The van der Waals surface area contributed by atoms with Crippen LogP contribution in [0.1, 0.15) is 12.5 Å². The Hall–Kier alpha value is -3.71. The Kier molecular flexibility index (Phi) is 8.83. The van der Waals surface area contributed by atoms with Gasteiger partial charge in [-0.3, -0.25) is 4.79 Å². The van der Waals surface area contributed by atoms with Crippen molar-refractivity contribution in [3.05, 3.63) is 81.8 Å². The molecular weight excluding hydrogens is 527 g/mol. The summed E-state index contributed by atoms with van der Waals surface area (Å²) < 4.78 is 41.4. The first kappa shape index (κ1) is 26.9. The van der Waals surface area contributed by atoms with Gasteiger partial charge in [0.25, 0.3) is 5.91 Å². The number of nitrogens with zero attached hydrogens (tertiary/aromatic N) is 1. The van der Waals surface area contributed by atoms with E-state index in [2.05, 4.69) is 5.32 Å². The Balaban J connectivity index is 1.91. The number of rotatable bonds is 9. The van der Waals surface area contributed by atoms with Gasteiger partial charge in [-0.05, 0) is 79.2 Å². The molecule has 0 aliphatic heterocycles. The van der Waals surface area contributed by atoms with Gasteiger partial charge in [-0.1, -0.05) is 23.2 Å². The number of ether oxygens (including phenoxy) is 2. The van der Waals surface area contributed by atoms with E-state index in [4.69, 9.17) is 36.9 Å². The van der Waals surface area contributed by atoms with Gasteiger partial charge in [-0.25, -0.2) is 0 Å². The Morgan fingerprint density at radius 3 is 2.33 bits per heavy atom. The third kappa shape index (κ3) is 6.70. The predicted octanol–water partition coefficient (Wildman–Crippen LogP) is 5.71. The quantitative estimate of drug-likeness (QED) is 0.207. The summed E-state index contributed by atoms with van der Waals surface area (Å²) in [5.41, 5.74) is 0.569. The highest BCUT2D eigenvalue weighted by molar-refractivity contribution is 7.87. The fourth-order valence-corrected chi connectivity index (χ4v) is 4.35. The van der Waals surface area contributed by atoms with Gasteiger partial charge in [0.15, 0.2) is 5.75 Å². The van der Waals surface area contributed by atoms with Gasteiger partial charge in [0.1, 0.15) is 22.3 Å². The van der Waals surface area contributed by atoms with Crippen molar-refractivity contribution in [1.82, 2.24) is 0 Å². The van der Waals surface area contributed by atoms with Crippen LogP contribution in [-0.4, -0.2) is 28.0 Å². The van der Waals surface area contributed by atoms with Crippen molar-refractivity contribution in [2.24, 2.45) is 0 Å². The molecule has 3 aromatic carbocycles. The average Bonchev–Trinajstić information content (AvgIpc) is 2.85. The van der Waals surface area contributed by atoms with Crippen molar-refractivity contribution < 1.29 is 26.9 Å². The molecule has 0 aliphatic rings. The third-order valence-electron chi connectivity index (χ3n) is 4.65. The van der Waals surface area contributed by atoms with E-state index in [0.29, 0.717) is 22.0 Å². The maximum Gasteiger partial charge on any atom is 0.339 e. The van der Waals surface area contributed by atoms with Crippen LogP contribution in [-0.2, 0) is 14.9 Å². The molecule has 1 N–H and O–H groups in total. The second-order valence-corrected chi connectivity index (χ2v) is 9.50. The number of nitrogens with one attached hydrogen (secondary N) is 1. The average molecular weight is 547 g/mol. The number of anilines is 1. The minimum Gasteiger partial charge on any atom is -0.497 e. The first-order valence-corrected chi connectivity index (χ1v) is 12.6. The van der Waals surface area contributed by atoms with Gasteiger partial charge in [0.2, 0.25) is 5.75 Å². The molecule has 0 unspecified atom stereocenters. The van der Waals surface area contributed by atoms with Crippen LogP contribution in [0.15, 0.2) is 71.1 Å². The monoisotopic (exact) mass is 546 g/mol. The number of halogens is 2. The second kappa shape index (κ2) is 11.8. The normalized spacial score (nSPS) is 11.4. The minimum absolute atomic E-state index is 0.0154. The van der Waals surface area contributed by atoms with Gasteiger partial charge in [-0.2, -0.15) is 13.7 Å². The zero-order valence-corrected chi connectivity index (χ0v) is 21.4. The first-order chi connectivity index (χ1) is 17.2. The van der Waals surface area contributed by atoms with Crippen molar-refractivity contribution in [1.29, 1.82) is 5.26 Å². The van der Waals surface area contributed by atoms with Crippen LogP contribution in [0.3, 0.4) is 0 Å². The molecule has 0 saturated carbocycles. The predicted molar refractivity (Wildman–Crippen MR) is 137 cm³/mol. The lowest BCUT2D eigenvalue weighted by Gasteiger charge is -2.14. The number of carbonyl (C=O) groups excluding carboxylic acids is 1. The van der Waals surface area contributed by atoms with E-state index in [1.54, 1.807) is 31.2 Å². The number of hydrogen-bond acceptors (Lipinski definition) is 7.